The lowest BCUT2D eigenvalue weighted by Crippen LogP contribution is -2.18. The summed E-state index contributed by atoms with van der Waals surface area (Å²) < 4.78 is 64.5. The van der Waals surface area contributed by atoms with Gasteiger partial charge in [-0.15, -0.1) is 5.10 Å². The zero-order chi connectivity index (χ0) is 23.9. The van der Waals surface area contributed by atoms with E-state index in [1.807, 2.05) is 0 Å². The summed E-state index contributed by atoms with van der Waals surface area (Å²) >= 11 is 0. The van der Waals surface area contributed by atoms with Gasteiger partial charge in [-0.25, -0.2) is 14.5 Å². The van der Waals surface area contributed by atoms with Gasteiger partial charge in [0.25, 0.3) is 0 Å². The highest BCUT2D eigenvalue weighted by Crippen LogP contribution is 2.44. The average Bonchev–Trinajstić information content (AvgIpc) is 3.31. The van der Waals surface area contributed by atoms with E-state index in [1.165, 1.54) is 12.3 Å². The van der Waals surface area contributed by atoms with Gasteiger partial charge in [-0.2, -0.15) is 13.2 Å². The van der Waals surface area contributed by atoms with Crippen LogP contribution in [-0.4, -0.2) is 48.7 Å². The van der Waals surface area contributed by atoms with Crippen LogP contribution in [-0.2, 0) is 21.7 Å². The van der Waals surface area contributed by atoms with E-state index in [2.05, 4.69) is 15.2 Å². The Morgan fingerprint density at radius 3 is 2.61 bits per heavy atom. The Labute approximate surface area is 187 Å². The fourth-order valence-electron chi connectivity index (χ4n) is 3.23. The molecule has 0 spiro atoms. The Bertz CT molecular complexity index is 1260. The van der Waals surface area contributed by atoms with Gasteiger partial charge in [0.15, 0.2) is 11.5 Å². The first-order chi connectivity index (χ1) is 15.6. The maximum absolute atomic E-state index is 14.0. The van der Waals surface area contributed by atoms with Crippen molar-refractivity contribution in [2.24, 2.45) is 0 Å². The fraction of sp³-hybridized carbons (Fsp3) is 0.350. The number of carbonyl (C=O) groups is 2. The van der Waals surface area contributed by atoms with Gasteiger partial charge < -0.3 is 9.26 Å². The van der Waals surface area contributed by atoms with Crippen molar-refractivity contribution in [1.82, 2.24) is 19.9 Å². The van der Waals surface area contributed by atoms with Crippen LogP contribution in [0.3, 0.4) is 0 Å². The smallest absolute Gasteiger partial charge is 0.417 e. The van der Waals surface area contributed by atoms with Gasteiger partial charge in [0.2, 0.25) is 10.9 Å². The van der Waals surface area contributed by atoms with Gasteiger partial charge in [-0.05, 0) is 38.0 Å². The van der Waals surface area contributed by atoms with Crippen molar-refractivity contribution in [2.45, 2.75) is 37.0 Å². The summed E-state index contributed by atoms with van der Waals surface area (Å²) in [5.41, 5.74) is -2.73. The Balaban J connectivity index is 1.82. The molecule has 1 aliphatic rings. The third-order valence-corrected chi connectivity index (χ3v) is 5.61. The monoisotopic (exact) mass is 482 g/mol. The van der Waals surface area contributed by atoms with Crippen molar-refractivity contribution in [3.8, 4) is 5.69 Å². The molecule has 1 saturated carbocycles. The maximum atomic E-state index is 14.0. The zero-order valence-corrected chi connectivity index (χ0v) is 18.2. The van der Waals surface area contributed by atoms with Gasteiger partial charge in [0.1, 0.15) is 11.9 Å². The quantitative estimate of drug-likeness (QED) is 0.372. The third kappa shape index (κ3) is 4.45. The molecule has 0 radical (unpaired) electrons. The standard InChI is InChI=1S/C20H17F3N4O5S/c1-3-31-18(29)15-14(17(32-26-15)10-4-5-10)16(28)12-7-6-11(8-13(12)20(21,22)23)27-9-24-19(25-27)33(2)30/h6-10H,3-5H2,1-2H3. The number of carbonyl (C=O) groups excluding carboxylic acids is 2. The Hall–Kier alpha value is -3.35. The van der Waals surface area contributed by atoms with Crippen molar-refractivity contribution < 1.29 is 36.2 Å². The van der Waals surface area contributed by atoms with E-state index in [1.54, 1.807) is 6.92 Å². The van der Waals surface area contributed by atoms with E-state index in [0.717, 1.165) is 23.1 Å². The van der Waals surface area contributed by atoms with E-state index >= 15 is 0 Å². The predicted octanol–water partition coefficient (Wildman–Crippen LogP) is 3.30. The first kappa shape index (κ1) is 22.8. The Kier molecular flexibility index (Phi) is 5.91. The van der Waals surface area contributed by atoms with Crippen molar-refractivity contribution in [2.75, 3.05) is 12.9 Å². The average molecular weight is 482 g/mol. The van der Waals surface area contributed by atoms with Crippen LogP contribution >= 0.6 is 0 Å². The molecule has 1 atom stereocenters. The van der Waals surface area contributed by atoms with Crippen LogP contribution in [0.15, 0.2) is 34.2 Å². The molecule has 2 aromatic heterocycles. The SMILES string of the molecule is CCOC(=O)c1noc(C2CC2)c1C(=O)c1ccc(-n2cnc(S(C)=O)n2)cc1C(F)(F)F. The molecule has 13 heteroatoms. The molecule has 174 valence electrons. The third-order valence-electron chi connectivity index (χ3n) is 4.91. The number of nitrogens with zero attached hydrogens (tertiary/aromatic N) is 4. The lowest BCUT2D eigenvalue weighted by Gasteiger charge is -2.14. The van der Waals surface area contributed by atoms with Gasteiger partial charge >= 0.3 is 12.1 Å². The van der Waals surface area contributed by atoms with Crippen LogP contribution in [0.25, 0.3) is 5.69 Å². The second kappa shape index (κ2) is 8.54. The molecule has 0 saturated heterocycles. The molecule has 0 amide bonds. The number of rotatable bonds is 7. The topological polar surface area (TPSA) is 117 Å². The molecular weight excluding hydrogens is 465 g/mol. The minimum Gasteiger partial charge on any atom is -0.461 e. The second-order valence-corrected chi connectivity index (χ2v) is 8.52. The summed E-state index contributed by atoms with van der Waals surface area (Å²) in [7, 11) is -1.53. The first-order valence-electron chi connectivity index (χ1n) is 9.79. The lowest BCUT2D eigenvalue weighted by atomic mass is 9.95. The van der Waals surface area contributed by atoms with Crippen LogP contribution in [0.1, 0.15) is 63.4 Å². The molecule has 3 aromatic rings. The molecule has 1 unspecified atom stereocenters. The summed E-state index contributed by atoms with van der Waals surface area (Å²) in [4.78, 5) is 29.4. The van der Waals surface area contributed by atoms with Gasteiger partial charge in [-0.3, -0.25) is 9.00 Å². The number of halogens is 3. The number of ketones is 1. The number of hydrogen-bond donors (Lipinski definition) is 0. The lowest BCUT2D eigenvalue weighted by molar-refractivity contribution is -0.137. The molecular formula is C20H17F3N4O5S. The largest absolute Gasteiger partial charge is 0.461 e. The van der Waals surface area contributed by atoms with Gasteiger partial charge in [0, 0.05) is 17.7 Å². The van der Waals surface area contributed by atoms with Crippen LogP contribution in [0.5, 0.6) is 0 Å². The van der Waals surface area contributed by atoms with Crippen LogP contribution < -0.4 is 0 Å². The number of esters is 1. The van der Waals surface area contributed by atoms with E-state index in [9.17, 15) is 27.0 Å². The van der Waals surface area contributed by atoms with Crippen LogP contribution in [0, 0.1) is 0 Å². The predicted molar refractivity (Wildman–Crippen MR) is 107 cm³/mol. The first-order valence-corrected chi connectivity index (χ1v) is 11.4. The Morgan fingerprint density at radius 2 is 2.03 bits per heavy atom. The van der Waals surface area contributed by atoms with Crippen LogP contribution in [0.2, 0.25) is 0 Å². The summed E-state index contributed by atoms with van der Waals surface area (Å²) in [6, 6.07) is 2.97. The number of benzene rings is 1. The van der Waals surface area contributed by atoms with E-state index in [0.29, 0.717) is 12.8 Å². The highest BCUT2D eigenvalue weighted by Gasteiger charge is 2.41. The van der Waals surface area contributed by atoms with Crippen molar-refractivity contribution in [3.05, 3.63) is 52.7 Å². The van der Waals surface area contributed by atoms with Crippen molar-refractivity contribution in [1.29, 1.82) is 0 Å². The molecule has 0 N–H and O–H groups in total. The normalized spacial score (nSPS) is 14.8. The van der Waals surface area contributed by atoms with Gasteiger partial charge in [0.05, 0.1) is 28.7 Å². The zero-order valence-electron chi connectivity index (χ0n) is 17.4. The molecule has 1 aliphatic carbocycles. The summed E-state index contributed by atoms with van der Waals surface area (Å²) in [6.07, 6.45) is -1.12. The summed E-state index contributed by atoms with van der Waals surface area (Å²) in [5, 5.41) is 7.46. The molecule has 9 nitrogen and oxygen atoms in total. The molecule has 4 rings (SSSR count). The fourth-order valence-corrected chi connectivity index (χ4v) is 3.63. The van der Waals surface area contributed by atoms with E-state index in [-0.39, 0.29) is 34.7 Å². The van der Waals surface area contributed by atoms with E-state index in [4.69, 9.17) is 9.26 Å². The Morgan fingerprint density at radius 1 is 1.30 bits per heavy atom. The maximum Gasteiger partial charge on any atom is 0.417 e. The highest BCUT2D eigenvalue weighted by molar-refractivity contribution is 7.84. The molecule has 0 aliphatic heterocycles. The molecule has 2 heterocycles. The molecule has 0 bridgehead atoms. The molecule has 33 heavy (non-hydrogen) atoms. The summed E-state index contributed by atoms with van der Waals surface area (Å²) in [6.45, 7) is 1.54. The number of ether oxygens (including phenoxy) is 1. The molecule has 1 fully saturated rings. The molecule has 1 aromatic carbocycles. The number of aromatic nitrogens is 4. The second-order valence-electron chi connectivity index (χ2n) is 7.25. The summed E-state index contributed by atoms with van der Waals surface area (Å²) in [5.74, 6) is -2.12. The highest BCUT2D eigenvalue weighted by atomic mass is 32.2. The number of hydrogen-bond acceptors (Lipinski definition) is 8. The van der Waals surface area contributed by atoms with E-state index < -0.39 is 45.5 Å². The van der Waals surface area contributed by atoms with Gasteiger partial charge in [-0.1, -0.05) is 5.16 Å². The minimum atomic E-state index is -4.90. The number of alkyl halides is 3. The van der Waals surface area contributed by atoms with Crippen molar-refractivity contribution in [3.63, 3.8) is 0 Å². The van der Waals surface area contributed by atoms with Crippen LogP contribution in [0.4, 0.5) is 13.2 Å². The van der Waals surface area contributed by atoms with Crippen molar-refractivity contribution >= 4 is 22.6 Å². The minimum absolute atomic E-state index is 0.0109.